The zero-order valence-corrected chi connectivity index (χ0v) is 12.6. The number of methoxy groups -OCH3 is 1. The number of rotatable bonds is 4. The van der Waals surface area contributed by atoms with Crippen LogP contribution >= 0.6 is 0 Å². The number of benzene rings is 1. The standard InChI is InChI=1S/C16H14N4O3/c1-11-10-14(22-2)18-16(17-11)23-13-8-9-15(21)20(19-13)12-6-4-3-5-7-12/h3-10H,1-2H3. The van der Waals surface area contributed by atoms with Gasteiger partial charge in [-0.05, 0) is 19.1 Å². The molecule has 0 saturated heterocycles. The Morgan fingerprint density at radius 1 is 1.00 bits per heavy atom. The van der Waals surface area contributed by atoms with Crippen molar-refractivity contribution >= 4 is 0 Å². The van der Waals surface area contributed by atoms with Gasteiger partial charge in [0, 0.05) is 23.9 Å². The quantitative estimate of drug-likeness (QED) is 0.734. The molecule has 0 saturated carbocycles. The molecule has 0 spiro atoms. The second kappa shape index (κ2) is 6.27. The molecule has 3 aromatic rings. The fourth-order valence-electron chi connectivity index (χ4n) is 1.96. The van der Waals surface area contributed by atoms with Gasteiger partial charge in [-0.1, -0.05) is 18.2 Å². The summed E-state index contributed by atoms with van der Waals surface area (Å²) in [6, 6.07) is 13.7. The van der Waals surface area contributed by atoms with Crippen LogP contribution in [0.4, 0.5) is 0 Å². The van der Waals surface area contributed by atoms with E-state index in [1.54, 1.807) is 25.1 Å². The van der Waals surface area contributed by atoms with E-state index >= 15 is 0 Å². The molecule has 0 N–H and O–H groups in total. The van der Waals surface area contributed by atoms with E-state index in [0.717, 1.165) is 0 Å². The minimum Gasteiger partial charge on any atom is -0.481 e. The van der Waals surface area contributed by atoms with Gasteiger partial charge in [-0.15, -0.1) is 5.10 Å². The first-order valence-corrected chi connectivity index (χ1v) is 6.89. The average molecular weight is 310 g/mol. The highest BCUT2D eigenvalue weighted by Gasteiger charge is 2.08. The summed E-state index contributed by atoms with van der Waals surface area (Å²) in [5, 5.41) is 4.18. The Kier molecular flexibility index (Phi) is 4.01. The first-order chi connectivity index (χ1) is 11.2. The van der Waals surface area contributed by atoms with Crippen molar-refractivity contribution in [3.05, 3.63) is 64.6 Å². The van der Waals surface area contributed by atoms with Gasteiger partial charge in [0.1, 0.15) is 0 Å². The molecule has 7 heteroatoms. The number of ether oxygens (including phenoxy) is 2. The van der Waals surface area contributed by atoms with Crippen molar-refractivity contribution < 1.29 is 9.47 Å². The molecule has 2 heterocycles. The van der Waals surface area contributed by atoms with E-state index in [1.165, 1.54) is 23.9 Å². The molecule has 23 heavy (non-hydrogen) atoms. The Morgan fingerprint density at radius 2 is 1.78 bits per heavy atom. The van der Waals surface area contributed by atoms with Crippen molar-refractivity contribution in [1.82, 2.24) is 19.7 Å². The summed E-state index contributed by atoms with van der Waals surface area (Å²) in [5.74, 6) is 0.602. The van der Waals surface area contributed by atoms with Crippen molar-refractivity contribution in [3.8, 4) is 23.5 Å². The highest BCUT2D eigenvalue weighted by Crippen LogP contribution is 2.18. The minimum absolute atomic E-state index is 0.104. The molecule has 0 radical (unpaired) electrons. The van der Waals surface area contributed by atoms with Gasteiger partial charge in [-0.2, -0.15) is 14.6 Å². The highest BCUT2D eigenvalue weighted by atomic mass is 16.5. The molecule has 0 amide bonds. The van der Waals surface area contributed by atoms with Crippen molar-refractivity contribution in [2.75, 3.05) is 7.11 Å². The van der Waals surface area contributed by atoms with Crippen LogP contribution in [0.1, 0.15) is 5.69 Å². The maximum Gasteiger partial charge on any atom is 0.326 e. The number of aromatic nitrogens is 4. The van der Waals surface area contributed by atoms with Crippen LogP contribution in [0.25, 0.3) is 5.69 Å². The normalized spacial score (nSPS) is 10.3. The lowest BCUT2D eigenvalue weighted by Crippen LogP contribution is -2.20. The van der Waals surface area contributed by atoms with Crippen LogP contribution in [0.2, 0.25) is 0 Å². The highest BCUT2D eigenvalue weighted by molar-refractivity contribution is 5.31. The lowest BCUT2D eigenvalue weighted by Gasteiger charge is -2.08. The Bertz CT molecular complexity index is 878. The molecular weight excluding hydrogens is 296 g/mol. The molecule has 0 fully saturated rings. The molecule has 0 aliphatic carbocycles. The molecule has 0 unspecified atom stereocenters. The number of para-hydroxylation sites is 1. The second-order valence-corrected chi connectivity index (χ2v) is 4.69. The van der Waals surface area contributed by atoms with Crippen molar-refractivity contribution in [2.45, 2.75) is 6.92 Å². The lowest BCUT2D eigenvalue weighted by atomic mass is 10.3. The Hall–Kier alpha value is -3.22. The third kappa shape index (κ3) is 3.34. The Morgan fingerprint density at radius 3 is 2.52 bits per heavy atom. The average Bonchev–Trinajstić information content (AvgIpc) is 2.57. The summed E-state index contributed by atoms with van der Waals surface area (Å²) in [4.78, 5) is 20.2. The SMILES string of the molecule is COc1cc(C)nc(Oc2ccc(=O)n(-c3ccccc3)n2)n1. The molecule has 7 nitrogen and oxygen atoms in total. The fourth-order valence-corrected chi connectivity index (χ4v) is 1.96. The predicted octanol–water partition coefficient (Wildman–Crippen LogP) is 2.13. The van der Waals surface area contributed by atoms with Crippen LogP contribution in [0.15, 0.2) is 53.3 Å². The summed E-state index contributed by atoms with van der Waals surface area (Å²) in [6.45, 7) is 1.80. The van der Waals surface area contributed by atoms with E-state index in [4.69, 9.17) is 9.47 Å². The number of hydrogen-bond acceptors (Lipinski definition) is 6. The first-order valence-electron chi connectivity index (χ1n) is 6.89. The third-order valence-electron chi connectivity index (χ3n) is 2.99. The molecular formula is C16H14N4O3. The predicted molar refractivity (Wildman–Crippen MR) is 83.2 cm³/mol. The van der Waals surface area contributed by atoms with Crippen LogP contribution in [0.5, 0.6) is 17.8 Å². The molecule has 1 aromatic carbocycles. The van der Waals surface area contributed by atoms with Crippen LogP contribution in [0, 0.1) is 6.92 Å². The maximum absolute atomic E-state index is 12.0. The lowest BCUT2D eigenvalue weighted by molar-refractivity contribution is 0.367. The zero-order valence-electron chi connectivity index (χ0n) is 12.6. The van der Waals surface area contributed by atoms with E-state index in [-0.39, 0.29) is 17.4 Å². The maximum atomic E-state index is 12.0. The summed E-state index contributed by atoms with van der Waals surface area (Å²) < 4.78 is 11.9. The molecule has 0 aliphatic heterocycles. The van der Waals surface area contributed by atoms with E-state index in [1.807, 2.05) is 18.2 Å². The van der Waals surface area contributed by atoms with Crippen LogP contribution in [0.3, 0.4) is 0 Å². The number of nitrogens with zero attached hydrogens (tertiary/aromatic N) is 4. The third-order valence-corrected chi connectivity index (χ3v) is 2.99. The fraction of sp³-hybridized carbons (Fsp3) is 0.125. The van der Waals surface area contributed by atoms with E-state index < -0.39 is 0 Å². The summed E-state index contributed by atoms with van der Waals surface area (Å²) in [7, 11) is 1.51. The van der Waals surface area contributed by atoms with E-state index in [2.05, 4.69) is 15.1 Å². The van der Waals surface area contributed by atoms with Crippen molar-refractivity contribution in [1.29, 1.82) is 0 Å². The number of aryl methyl sites for hydroxylation is 1. The molecule has 0 atom stereocenters. The van der Waals surface area contributed by atoms with Gasteiger partial charge in [0.15, 0.2) is 0 Å². The Balaban J connectivity index is 1.96. The minimum atomic E-state index is -0.258. The molecule has 0 aliphatic rings. The van der Waals surface area contributed by atoms with E-state index in [9.17, 15) is 4.79 Å². The van der Waals surface area contributed by atoms with Gasteiger partial charge in [-0.3, -0.25) is 4.79 Å². The second-order valence-electron chi connectivity index (χ2n) is 4.69. The molecule has 0 bridgehead atoms. The van der Waals surface area contributed by atoms with Gasteiger partial charge < -0.3 is 9.47 Å². The van der Waals surface area contributed by atoms with Gasteiger partial charge in [0.2, 0.25) is 11.8 Å². The number of hydrogen-bond donors (Lipinski definition) is 0. The van der Waals surface area contributed by atoms with Gasteiger partial charge in [0.05, 0.1) is 12.8 Å². The summed E-state index contributed by atoms with van der Waals surface area (Å²) >= 11 is 0. The van der Waals surface area contributed by atoms with Crippen molar-refractivity contribution in [3.63, 3.8) is 0 Å². The van der Waals surface area contributed by atoms with Crippen LogP contribution in [-0.4, -0.2) is 26.9 Å². The summed E-state index contributed by atoms with van der Waals surface area (Å²) in [5.41, 5.74) is 1.08. The van der Waals surface area contributed by atoms with Crippen molar-refractivity contribution in [2.24, 2.45) is 0 Å². The van der Waals surface area contributed by atoms with Gasteiger partial charge >= 0.3 is 6.01 Å². The molecule has 2 aromatic heterocycles. The van der Waals surface area contributed by atoms with Crippen LogP contribution in [-0.2, 0) is 0 Å². The van der Waals surface area contributed by atoms with Crippen LogP contribution < -0.4 is 15.0 Å². The largest absolute Gasteiger partial charge is 0.481 e. The monoisotopic (exact) mass is 310 g/mol. The zero-order chi connectivity index (χ0) is 16.2. The first kappa shape index (κ1) is 14.7. The van der Waals surface area contributed by atoms with Gasteiger partial charge in [0.25, 0.3) is 5.56 Å². The smallest absolute Gasteiger partial charge is 0.326 e. The van der Waals surface area contributed by atoms with E-state index in [0.29, 0.717) is 17.3 Å². The topological polar surface area (TPSA) is 79.1 Å². The Labute approximate surface area is 132 Å². The molecule has 116 valence electrons. The molecule has 3 rings (SSSR count). The van der Waals surface area contributed by atoms with Gasteiger partial charge in [-0.25, -0.2) is 0 Å². The summed E-state index contributed by atoms with van der Waals surface area (Å²) in [6.07, 6.45) is 0.